The molecule has 8 nitrogen and oxygen atoms in total. The molecule has 8 heteroatoms. The van der Waals surface area contributed by atoms with Crippen LogP contribution in [0.4, 0.5) is 0 Å². The van der Waals surface area contributed by atoms with Crippen molar-refractivity contribution in [3.8, 4) is 23.0 Å². The van der Waals surface area contributed by atoms with E-state index < -0.39 is 17.7 Å². The molecule has 0 spiro atoms. The van der Waals surface area contributed by atoms with Crippen LogP contribution in [0.5, 0.6) is 23.0 Å². The summed E-state index contributed by atoms with van der Waals surface area (Å²) in [6.45, 7) is 5.61. The number of rotatable bonds is 8. The summed E-state index contributed by atoms with van der Waals surface area (Å²) in [5.74, 6) is 0.348. The minimum Gasteiger partial charge on any atom is -0.507 e. The van der Waals surface area contributed by atoms with Crippen LogP contribution in [-0.4, -0.2) is 48.1 Å². The summed E-state index contributed by atoms with van der Waals surface area (Å²) < 4.78 is 22.8. The zero-order chi connectivity index (χ0) is 26.6. The van der Waals surface area contributed by atoms with E-state index in [0.717, 1.165) is 5.56 Å². The standard InChI is InChI=1S/C30H29NO7/c1-3-35-22-12-10-20(16-24(22)36-4-2)27-26(28(32)21-11-13-23-25(17-21)38-15-14-37-23)29(33)30(34)31(27)18-19-8-6-5-7-9-19/h5-13,16-17,27,32H,3-4,14-15,18H2,1-2H3/t27-/m0/s1. The maximum absolute atomic E-state index is 13.5. The quantitative estimate of drug-likeness (QED) is 0.260. The summed E-state index contributed by atoms with van der Waals surface area (Å²) in [6, 6.07) is 18.8. The van der Waals surface area contributed by atoms with E-state index in [9.17, 15) is 14.7 Å². The molecule has 0 aromatic heterocycles. The Labute approximate surface area is 221 Å². The van der Waals surface area contributed by atoms with Gasteiger partial charge in [-0.1, -0.05) is 36.4 Å². The smallest absolute Gasteiger partial charge is 0.295 e. The molecule has 5 rings (SSSR count). The van der Waals surface area contributed by atoms with Crippen molar-refractivity contribution in [2.24, 2.45) is 0 Å². The Bertz CT molecular complexity index is 1380. The molecule has 3 aromatic carbocycles. The minimum absolute atomic E-state index is 0.00535. The fourth-order valence-electron chi connectivity index (χ4n) is 4.75. The number of ketones is 1. The van der Waals surface area contributed by atoms with E-state index >= 15 is 0 Å². The van der Waals surface area contributed by atoms with E-state index in [0.29, 0.717) is 60.6 Å². The Kier molecular flexibility index (Phi) is 7.22. The van der Waals surface area contributed by atoms with Gasteiger partial charge < -0.3 is 29.0 Å². The monoisotopic (exact) mass is 515 g/mol. The molecule has 2 aliphatic rings. The van der Waals surface area contributed by atoms with Gasteiger partial charge in [0.25, 0.3) is 11.7 Å². The van der Waals surface area contributed by atoms with Crippen molar-refractivity contribution in [3.63, 3.8) is 0 Å². The van der Waals surface area contributed by atoms with Crippen molar-refractivity contribution in [1.82, 2.24) is 4.90 Å². The van der Waals surface area contributed by atoms with Gasteiger partial charge in [0.15, 0.2) is 23.0 Å². The molecule has 1 amide bonds. The third-order valence-corrected chi connectivity index (χ3v) is 6.43. The molecule has 2 heterocycles. The topological polar surface area (TPSA) is 94.5 Å². The Morgan fingerprint density at radius 2 is 1.61 bits per heavy atom. The largest absolute Gasteiger partial charge is 0.507 e. The first-order valence-electron chi connectivity index (χ1n) is 12.6. The van der Waals surface area contributed by atoms with Gasteiger partial charge in [0.05, 0.1) is 24.8 Å². The molecule has 0 saturated carbocycles. The lowest BCUT2D eigenvalue weighted by Crippen LogP contribution is -2.29. The number of Topliss-reactive ketones (excluding diaryl/α,β-unsaturated/α-hetero) is 1. The first kappa shape index (κ1) is 25.2. The van der Waals surface area contributed by atoms with Gasteiger partial charge in [-0.3, -0.25) is 9.59 Å². The van der Waals surface area contributed by atoms with Crippen molar-refractivity contribution >= 4 is 17.4 Å². The van der Waals surface area contributed by atoms with Crippen LogP contribution in [0.2, 0.25) is 0 Å². The summed E-state index contributed by atoms with van der Waals surface area (Å²) in [5, 5.41) is 11.5. The van der Waals surface area contributed by atoms with Crippen LogP contribution in [0.1, 0.15) is 36.6 Å². The fraction of sp³-hybridized carbons (Fsp3) is 0.267. The highest BCUT2D eigenvalue weighted by atomic mass is 16.6. The van der Waals surface area contributed by atoms with Gasteiger partial charge >= 0.3 is 0 Å². The Balaban J connectivity index is 1.65. The normalized spacial score (nSPS) is 17.9. The molecule has 2 aliphatic heterocycles. The van der Waals surface area contributed by atoms with Crippen molar-refractivity contribution in [3.05, 3.63) is 89.0 Å². The van der Waals surface area contributed by atoms with E-state index in [1.165, 1.54) is 4.90 Å². The van der Waals surface area contributed by atoms with Crippen LogP contribution in [0.15, 0.2) is 72.3 Å². The first-order valence-corrected chi connectivity index (χ1v) is 12.6. The van der Waals surface area contributed by atoms with E-state index in [4.69, 9.17) is 18.9 Å². The zero-order valence-corrected chi connectivity index (χ0v) is 21.3. The first-order chi connectivity index (χ1) is 18.5. The summed E-state index contributed by atoms with van der Waals surface area (Å²) in [6.07, 6.45) is 0. The third kappa shape index (κ3) is 4.77. The lowest BCUT2D eigenvalue weighted by atomic mass is 9.94. The van der Waals surface area contributed by atoms with Gasteiger partial charge in [0, 0.05) is 12.1 Å². The average Bonchev–Trinajstić information content (AvgIpc) is 3.19. The average molecular weight is 516 g/mol. The number of likely N-dealkylation sites (tertiary alicyclic amines) is 1. The van der Waals surface area contributed by atoms with E-state index in [2.05, 4.69) is 0 Å². The molecule has 3 aromatic rings. The van der Waals surface area contributed by atoms with E-state index in [-0.39, 0.29) is 17.9 Å². The highest BCUT2D eigenvalue weighted by Gasteiger charge is 2.46. The second-order valence-electron chi connectivity index (χ2n) is 8.84. The Morgan fingerprint density at radius 3 is 2.34 bits per heavy atom. The Hall–Kier alpha value is -4.46. The molecule has 0 aliphatic carbocycles. The van der Waals surface area contributed by atoms with Crippen LogP contribution in [0.3, 0.4) is 0 Å². The molecule has 196 valence electrons. The number of nitrogens with zero attached hydrogens (tertiary/aromatic N) is 1. The van der Waals surface area contributed by atoms with Crippen molar-refractivity contribution in [1.29, 1.82) is 0 Å². The lowest BCUT2D eigenvalue weighted by Gasteiger charge is -2.26. The second kappa shape index (κ2) is 10.9. The number of carbonyl (C=O) groups excluding carboxylic acids is 2. The van der Waals surface area contributed by atoms with E-state index in [1.807, 2.05) is 44.2 Å². The van der Waals surface area contributed by atoms with Crippen LogP contribution in [0, 0.1) is 0 Å². The van der Waals surface area contributed by atoms with Gasteiger partial charge in [-0.2, -0.15) is 0 Å². The molecule has 1 atom stereocenters. The van der Waals surface area contributed by atoms with Crippen LogP contribution >= 0.6 is 0 Å². The van der Waals surface area contributed by atoms with Crippen molar-refractivity contribution in [2.45, 2.75) is 26.4 Å². The van der Waals surface area contributed by atoms with Gasteiger partial charge in [-0.15, -0.1) is 0 Å². The number of amides is 1. The number of hydrogen-bond acceptors (Lipinski definition) is 7. The van der Waals surface area contributed by atoms with E-state index in [1.54, 1.807) is 36.4 Å². The number of benzene rings is 3. The molecule has 1 saturated heterocycles. The number of hydrogen-bond donors (Lipinski definition) is 1. The summed E-state index contributed by atoms with van der Waals surface area (Å²) in [5.41, 5.74) is 1.82. The second-order valence-corrected chi connectivity index (χ2v) is 8.84. The lowest BCUT2D eigenvalue weighted by molar-refractivity contribution is -0.140. The number of aliphatic hydroxyl groups is 1. The number of ether oxygens (including phenoxy) is 4. The van der Waals surface area contributed by atoms with Gasteiger partial charge in [-0.25, -0.2) is 0 Å². The van der Waals surface area contributed by atoms with Crippen LogP contribution in [-0.2, 0) is 16.1 Å². The number of fused-ring (bicyclic) bond motifs is 1. The molecule has 1 N–H and O–H groups in total. The molecule has 38 heavy (non-hydrogen) atoms. The minimum atomic E-state index is -0.849. The summed E-state index contributed by atoms with van der Waals surface area (Å²) in [4.78, 5) is 28.3. The van der Waals surface area contributed by atoms with Crippen LogP contribution in [0.25, 0.3) is 5.76 Å². The predicted molar refractivity (Wildman–Crippen MR) is 141 cm³/mol. The number of aliphatic hydroxyl groups excluding tert-OH is 1. The summed E-state index contributed by atoms with van der Waals surface area (Å²) in [7, 11) is 0. The number of carbonyl (C=O) groups is 2. The predicted octanol–water partition coefficient (Wildman–Crippen LogP) is 4.88. The highest BCUT2D eigenvalue weighted by molar-refractivity contribution is 6.46. The zero-order valence-electron chi connectivity index (χ0n) is 21.3. The van der Waals surface area contributed by atoms with Crippen molar-refractivity contribution < 1.29 is 33.6 Å². The van der Waals surface area contributed by atoms with Gasteiger partial charge in [-0.05, 0) is 55.3 Å². The Morgan fingerprint density at radius 1 is 0.895 bits per heavy atom. The highest BCUT2D eigenvalue weighted by Crippen LogP contribution is 2.43. The molecule has 1 fully saturated rings. The molecule has 0 unspecified atom stereocenters. The molecule has 0 bridgehead atoms. The van der Waals surface area contributed by atoms with Crippen molar-refractivity contribution in [2.75, 3.05) is 26.4 Å². The molecular weight excluding hydrogens is 486 g/mol. The summed E-state index contributed by atoms with van der Waals surface area (Å²) >= 11 is 0. The SMILES string of the molecule is CCOc1ccc([C@H]2C(=C(O)c3ccc4c(c3)OCCO4)C(=O)C(=O)N2Cc2ccccc2)cc1OCC. The molecule has 0 radical (unpaired) electrons. The molecular formula is C30H29NO7. The van der Waals surface area contributed by atoms with Crippen LogP contribution < -0.4 is 18.9 Å². The maximum Gasteiger partial charge on any atom is 0.295 e. The van der Waals surface area contributed by atoms with Gasteiger partial charge in [0.1, 0.15) is 19.0 Å². The van der Waals surface area contributed by atoms with Gasteiger partial charge in [0.2, 0.25) is 0 Å². The third-order valence-electron chi connectivity index (χ3n) is 6.43. The fourth-order valence-corrected chi connectivity index (χ4v) is 4.75. The maximum atomic E-state index is 13.5.